The zero-order valence-corrected chi connectivity index (χ0v) is 24.1. The highest BCUT2D eigenvalue weighted by Gasteiger charge is 2.31. The van der Waals surface area contributed by atoms with Crippen molar-refractivity contribution < 1.29 is 32.2 Å². The van der Waals surface area contributed by atoms with Gasteiger partial charge in [-0.25, -0.2) is 9.97 Å². The molecule has 4 heterocycles. The molecule has 14 heteroatoms. The summed E-state index contributed by atoms with van der Waals surface area (Å²) in [5.74, 6) is 0.772. The minimum atomic E-state index is -4.77. The van der Waals surface area contributed by atoms with Gasteiger partial charge in [-0.15, -0.1) is 24.5 Å². The van der Waals surface area contributed by atoms with Gasteiger partial charge in [-0.3, -0.25) is 19.1 Å². The van der Waals surface area contributed by atoms with E-state index in [0.717, 1.165) is 17.0 Å². The van der Waals surface area contributed by atoms with E-state index in [1.54, 1.807) is 49.2 Å². The second-order valence-corrected chi connectivity index (χ2v) is 10.2. The van der Waals surface area contributed by atoms with Gasteiger partial charge < -0.3 is 18.8 Å². The number of pyridine rings is 1. The van der Waals surface area contributed by atoms with Crippen molar-refractivity contribution >= 4 is 33.6 Å². The van der Waals surface area contributed by atoms with Gasteiger partial charge in [0.2, 0.25) is 0 Å². The van der Waals surface area contributed by atoms with Crippen LogP contribution in [0.2, 0.25) is 0 Å². The molecule has 2 aromatic carbocycles. The third-order valence-corrected chi connectivity index (χ3v) is 7.35. The normalized spacial score (nSPS) is 12.6. The Morgan fingerprint density at radius 2 is 1.84 bits per heavy atom. The molecule has 0 unspecified atom stereocenters. The lowest BCUT2D eigenvalue weighted by atomic mass is 10.2. The summed E-state index contributed by atoms with van der Waals surface area (Å²) in [5.41, 5.74) is 2.22. The molecule has 10 nitrogen and oxygen atoms in total. The number of aromatic nitrogens is 4. The average Bonchev–Trinajstić information content (AvgIpc) is 3.63. The Balaban J connectivity index is 0.000000484. The molecule has 6 rings (SSSR count). The first-order valence-corrected chi connectivity index (χ1v) is 13.8. The Morgan fingerprint density at radius 3 is 2.45 bits per heavy atom. The van der Waals surface area contributed by atoms with Gasteiger partial charge in [-0.1, -0.05) is 0 Å². The van der Waals surface area contributed by atoms with Crippen molar-refractivity contribution in [1.29, 1.82) is 0 Å². The van der Waals surface area contributed by atoms with Gasteiger partial charge in [-0.05, 0) is 48.5 Å². The zero-order valence-electron chi connectivity index (χ0n) is 23.3. The maximum absolute atomic E-state index is 13.3. The molecule has 0 bridgehead atoms. The monoisotopic (exact) mass is 623 g/mol. The van der Waals surface area contributed by atoms with Crippen LogP contribution < -0.4 is 19.8 Å². The predicted octanol–water partition coefficient (Wildman–Crippen LogP) is 5.88. The van der Waals surface area contributed by atoms with Crippen LogP contribution >= 0.6 is 11.3 Å². The van der Waals surface area contributed by atoms with Crippen LogP contribution in [0.3, 0.4) is 0 Å². The molecule has 44 heavy (non-hydrogen) atoms. The third kappa shape index (κ3) is 7.21. The van der Waals surface area contributed by atoms with E-state index in [4.69, 9.17) is 9.47 Å². The van der Waals surface area contributed by atoms with E-state index in [1.165, 1.54) is 48.2 Å². The smallest absolute Gasteiger partial charge is 0.493 e. The van der Waals surface area contributed by atoms with Gasteiger partial charge in [0.25, 0.3) is 5.56 Å². The number of imidazole rings is 1. The van der Waals surface area contributed by atoms with Crippen LogP contribution in [0.5, 0.6) is 17.2 Å². The fourth-order valence-corrected chi connectivity index (χ4v) is 5.04. The molecule has 0 saturated carbocycles. The summed E-state index contributed by atoms with van der Waals surface area (Å²) in [5, 5.41) is 0.500. The summed E-state index contributed by atoms with van der Waals surface area (Å²) in [7, 11) is 3.39. The average molecular weight is 624 g/mol. The van der Waals surface area contributed by atoms with E-state index in [-0.39, 0.29) is 17.1 Å². The van der Waals surface area contributed by atoms with E-state index in [9.17, 15) is 22.8 Å². The van der Waals surface area contributed by atoms with Crippen LogP contribution in [0, 0.1) is 0 Å². The number of aryl methyl sites for hydroxylation is 1. The molecule has 0 aliphatic carbocycles. The van der Waals surface area contributed by atoms with Crippen LogP contribution in [-0.4, -0.2) is 44.6 Å². The number of benzene rings is 2. The highest BCUT2D eigenvalue weighted by Crippen LogP contribution is 2.33. The number of hydrogen-bond donors (Lipinski definition) is 0. The molecule has 5 aromatic rings. The number of alkyl halides is 3. The maximum Gasteiger partial charge on any atom is 0.573 e. The van der Waals surface area contributed by atoms with E-state index < -0.39 is 6.36 Å². The maximum atomic E-state index is 13.3. The number of rotatable bonds is 7. The molecular formula is C30H24F3N5O5S. The van der Waals surface area contributed by atoms with Crippen molar-refractivity contribution in [1.82, 2.24) is 19.1 Å². The number of aliphatic imine (C=N–C) groups is 1. The Morgan fingerprint density at radius 1 is 1.05 bits per heavy atom. The Bertz CT molecular complexity index is 1910. The van der Waals surface area contributed by atoms with Gasteiger partial charge in [0, 0.05) is 43.7 Å². The van der Waals surface area contributed by atoms with Crippen molar-refractivity contribution in [3.05, 3.63) is 95.6 Å². The summed E-state index contributed by atoms with van der Waals surface area (Å²) >= 11 is 1.15. The molecule has 3 aromatic heterocycles. The molecule has 226 valence electrons. The molecule has 0 atom stereocenters. The number of ether oxygens (including phenoxy) is 3. The van der Waals surface area contributed by atoms with E-state index in [0.29, 0.717) is 51.0 Å². The highest BCUT2D eigenvalue weighted by atomic mass is 32.1. The molecule has 1 aliphatic rings. The van der Waals surface area contributed by atoms with Gasteiger partial charge in [-0.2, -0.15) is 0 Å². The quantitative estimate of drug-likeness (QED) is 0.223. The standard InChI is InChI=1S/C25H19F3N4O4S.C5H5NO/c1-31-14-29-12-17(31)13-35-20-8-5-16(11-21(20)34-2)32-10-9-19-22(24(32)33)37-23(30-19)15-3-6-18(7-4-15)36-25(26,27)28;7-5-1-3-6-4-2-5/h3-12,14H,13H2,1-2H3;1,3-4H,2H2. The Labute approximate surface area is 252 Å². The second-order valence-electron chi connectivity index (χ2n) is 9.23. The topological polar surface area (TPSA) is 110 Å². The summed E-state index contributed by atoms with van der Waals surface area (Å²) < 4.78 is 56.3. The van der Waals surface area contributed by atoms with Crippen LogP contribution in [0.1, 0.15) is 12.1 Å². The molecule has 0 saturated heterocycles. The van der Waals surface area contributed by atoms with Crippen molar-refractivity contribution in [2.75, 3.05) is 7.11 Å². The lowest BCUT2D eigenvalue weighted by Crippen LogP contribution is -2.16. The van der Waals surface area contributed by atoms with E-state index in [1.807, 2.05) is 11.6 Å². The first-order chi connectivity index (χ1) is 21.1. The Hall–Kier alpha value is -5.24. The minimum Gasteiger partial charge on any atom is -0.493 e. The van der Waals surface area contributed by atoms with Crippen LogP contribution in [0.25, 0.3) is 26.5 Å². The number of halogens is 3. The summed E-state index contributed by atoms with van der Waals surface area (Å²) in [6, 6.07) is 12.2. The predicted molar refractivity (Wildman–Crippen MR) is 159 cm³/mol. The fraction of sp³-hybridized carbons (Fsp3) is 0.167. The number of nitrogens with zero attached hydrogens (tertiary/aromatic N) is 5. The lowest BCUT2D eigenvalue weighted by Gasteiger charge is -2.13. The molecule has 0 radical (unpaired) electrons. The third-order valence-electron chi connectivity index (χ3n) is 6.24. The molecule has 1 aliphatic heterocycles. The van der Waals surface area contributed by atoms with Crippen molar-refractivity contribution in [2.45, 2.75) is 19.4 Å². The number of carbonyl (C=O) groups is 1. The zero-order chi connectivity index (χ0) is 31.3. The molecular weight excluding hydrogens is 599 g/mol. The molecule has 0 fully saturated rings. The van der Waals surface area contributed by atoms with Crippen LogP contribution in [0.4, 0.5) is 13.2 Å². The van der Waals surface area contributed by atoms with Crippen molar-refractivity contribution in [3.63, 3.8) is 0 Å². The van der Waals surface area contributed by atoms with Gasteiger partial charge >= 0.3 is 6.36 Å². The molecule has 0 amide bonds. The molecule has 0 N–H and O–H groups in total. The second kappa shape index (κ2) is 13.0. The summed E-state index contributed by atoms with van der Waals surface area (Å²) in [4.78, 5) is 35.8. The van der Waals surface area contributed by atoms with Gasteiger partial charge in [0.05, 0.1) is 36.5 Å². The largest absolute Gasteiger partial charge is 0.573 e. The fourth-order valence-electron chi connectivity index (χ4n) is 4.04. The minimum absolute atomic E-state index is 0.134. The van der Waals surface area contributed by atoms with E-state index in [2.05, 4.69) is 19.7 Å². The number of methoxy groups -OCH3 is 1. The lowest BCUT2D eigenvalue weighted by molar-refractivity contribution is -0.274. The number of carbonyl (C=O) groups excluding carboxylic acids is 1. The highest BCUT2D eigenvalue weighted by molar-refractivity contribution is 7.21. The number of hydrogen-bond acceptors (Lipinski definition) is 9. The summed E-state index contributed by atoms with van der Waals surface area (Å²) in [6.07, 6.45) is 5.28. The van der Waals surface area contributed by atoms with E-state index >= 15 is 0 Å². The Kier molecular flexibility index (Phi) is 8.90. The van der Waals surface area contributed by atoms with Crippen LogP contribution in [0.15, 0.2) is 89.3 Å². The first kappa shape index (κ1) is 30.2. The number of allylic oxidation sites excluding steroid dienone is 1. The number of fused-ring (bicyclic) bond motifs is 1. The van der Waals surface area contributed by atoms with Gasteiger partial charge in [0.1, 0.15) is 22.1 Å². The van der Waals surface area contributed by atoms with Crippen molar-refractivity contribution in [2.24, 2.45) is 12.0 Å². The van der Waals surface area contributed by atoms with Crippen LogP contribution in [-0.2, 0) is 18.4 Å². The molecule has 0 spiro atoms. The first-order valence-electron chi connectivity index (χ1n) is 13.0. The van der Waals surface area contributed by atoms with Crippen molar-refractivity contribution in [3.8, 4) is 33.5 Å². The summed E-state index contributed by atoms with van der Waals surface area (Å²) in [6.45, 7) is 0.297. The number of thiazole rings is 1. The number of ketones is 1. The van der Waals surface area contributed by atoms with Gasteiger partial charge in [0.15, 0.2) is 17.3 Å². The SMILES string of the molecule is COc1cc(-n2ccc3nc(-c4ccc(OC(F)(F)F)cc4)sc3c2=O)ccc1OCc1cncn1C.O=C1C=CN=CC1.